The van der Waals surface area contributed by atoms with E-state index in [4.69, 9.17) is 0 Å². The molecule has 0 nitrogen and oxygen atoms in total. The monoisotopic (exact) mass is 252 g/mol. The zero-order chi connectivity index (χ0) is 13.4. The van der Waals surface area contributed by atoms with Gasteiger partial charge < -0.3 is 1.43 Å². The molecule has 0 amide bonds. The summed E-state index contributed by atoms with van der Waals surface area (Å²) in [5, 5.41) is 0. The van der Waals surface area contributed by atoms with Gasteiger partial charge in [0.15, 0.2) is 0 Å². The summed E-state index contributed by atoms with van der Waals surface area (Å²) in [6, 6.07) is 6.66. The van der Waals surface area contributed by atoms with Crippen LogP contribution in [0.5, 0.6) is 0 Å². The molecule has 0 bridgehead atoms. The molecule has 1 rings (SSSR count). The van der Waals surface area contributed by atoms with Crippen LogP contribution in [0.2, 0.25) is 0 Å². The smallest absolute Gasteiger partial charge is 1.00 e. The molecule has 1 atom stereocenters. The summed E-state index contributed by atoms with van der Waals surface area (Å²) in [7, 11) is 0. The molecule has 0 saturated heterocycles. The minimum atomic E-state index is 0. The van der Waals surface area contributed by atoms with Crippen LogP contribution in [0.4, 0.5) is 0 Å². The van der Waals surface area contributed by atoms with Crippen molar-refractivity contribution in [2.45, 2.75) is 71.6 Å². The molecule has 19 heavy (non-hydrogen) atoms. The minimum Gasteiger partial charge on any atom is -1.00 e. The van der Waals surface area contributed by atoms with E-state index in [1.165, 1.54) is 38.5 Å². The second-order valence-electron chi connectivity index (χ2n) is 5.48. The average Bonchev–Trinajstić information content (AvgIpc) is 2.45. The standard InChI is InChI=1S/C17H29B.Li.H/c1-5-9-12-15(6-2)17(7-3,8-4)16-13-10-11-14-18-16;;/h10-11,13-15H,5-9,12H2,1-4H3;;/q;+1;-1. The van der Waals surface area contributed by atoms with Gasteiger partial charge in [0.05, 0.1) is 0 Å². The Morgan fingerprint density at radius 3 is 2.26 bits per heavy atom. The van der Waals surface area contributed by atoms with Gasteiger partial charge >= 0.3 is 133 Å². The molecule has 1 unspecified atom stereocenters. The zero-order valence-electron chi connectivity index (χ0n) is 14.7. The fourth-order valence-electron chi connectivity index (χ4n) is 3.56. The van der Waals surface area contributed by atoms with Gasteiger partial charge in [-0.05, 0) is 0 Å². The van der Waals surface area contributed by atoms with E-state index < -0.39 is 0 Å². The first-order valence-corrected chi connectivity index (χ1v) is 7.80. The molecule has 1 aromatic heterocycles. The summed E-state index contributed by atoms with van der Waals surface area (Å²) in [6.45, 7) is 11.7. The van der Waals surface area contributed by atoms with Gasteiger partial charge in [0.1, 0.15) is 0 Å². The Balaban J connectivity index is 0. The molecule has 1 heterocycles. The van der Waals surface area contributed by atoms with Gasteiger partial charge in [-0.3, -0.25) is 0 Å². The van der Waals surface area contributed by atoms with E-state index in [0.29, 0.717) is 5.41 Å². The van der Waals surface area contributed by atoms with Gasteiger partial charge in [-0.25, -0.2) is 0 Å². The van der Waals surface area contributed by atoms with Crippen LogP contribution in [0, 0.1) is 5.92 Å². The van der Waals surface area contributed by atoms with Gasteiger partial charge in [0.25, 0.3) is 0 Å². The largest absolute Gasteiger partial charge is 1.00 e. The molecule has 2 heteroatoms. The van der Waals surface area contributed by atoms with Crippen molar-refractivity contribution in [1.29, 1.82) is 0 Å². The van der Waals surface area contributed by atoms with Crippen molar-refractivity contribution in [2.24, 2.45) is 5.92 Å². The Morgan fingerprint density at radius 2 is 1.84 bits per heavy atom. The number of hydrogen-bond acceptors (Lipinski definition) is 0. The average molecular weight is 252 g/mol. The summed E-state index contributed by atoms with van der Waals surface area (Å²) < 4.78 is 0. The number of rotatable bonds is 8. The summed E-state index contributed by atoms with van der Waals surface area (Å²) >= 11 is 0. The van der Waals surface area contributed by atoms with Crippen molar-refractivity contribution in [3.05, 3.63) is 29.6 Å². The summed E-state index contributed by atoms with van der Waals surface area (Å²) in [5.41, 5.74) is 1.95. The van der Waals surface area contributed by atoms with Gasteiger partial charge in [0, 0.05) is 0 Å². The minimum absolute atomic E-state index is 0. The van der Waals surface area contributed by atoms with Crippen LogP contribution in [0.15, 0.2) is 24.2 Å². The van der Waals surface area contributed by atoms with Crippen molar-refractivity contribution in [1.82, 2.24) is 0 Å². The molecular formula is C17H30BLi. The van der Waals surface area contributed by atoms with Gasteiger partial charge in [-0.2, -0.15) is 0 Å². The molecular weight excluding hydrogens is 222 g/mol. The second-order valence-corrected chi connectivity index (χ2v) is 5.48. The molecule has 0 saturated carbocycles. The molecule has 0 N–H and O–H groups in total. The fraction of sp³-hybridized carbons (Fsp3) is 0.706. The molecule has 0 radical (unpaired) electrons. The Hall–Kier alpha value is 0.0123. The third-order valence-corrected chi connectivity index (χ3v) is 4.79. The maximum Gasteiger partial charge on any atom is 1.00 e. The van der Waals surface area contributed by atoms with Crippen molar-refractivity contribution in [2.75, 3.05) is 0 Å². The van der Waals surface area contributed by atoms with E-state index in [0.717, 1.165) is 5.92 Å². The van der Waals surface area contributed by atoms with Crippen LogP contribution in [0.3, 0.4) is 0 Å². The van der Waals surface area contributed by atoms with Crippen LogP contribution >= 0.6 is 0 Å². The predicted octanol–water partition coefficient (Wildman–Crippen LogP) is 2.42. The zero-order valence-corrected chi connectivity index (χ0v) is 13.7. The third kappa shape index (κ3) is 4.51. The van der Waals surface area contributed by atoms with E-state index >= 15 is 0 Å². The summed E-state index contributed by atoms with van der Waals surface area (Å²) in [5.74, 6) is 3.02. The van der Waals surface area contributed by atoms with E-state index in [-0.39, 0.29) is 20.3 Å². The molecule has 0 aliphatic heterocycles. The summed E-state index contributed by atoms with van der Waals surface area (Å²) in [6.07, 6.45) is 7.88. The Bertz CT molecular complexity index is 325. The van der Waals surface area contributed by atoms with Crippen LogP contribution in [0.25, 0.3) is 0 Å². The van der Waals surface area contributed by atoms with Gasteiger partial charge in [-0.1, -0.05) is 0 Å². The molecule has 0 fully saturated rings. The summed E-state index contributed by atoms with van der Waals surface area (Å²) in [4.78, 5) is 0. The first-order chi connectivity index (χ1) is 8.75. The van der Waals surface area contributed by atoms with Crippen LogP contribution < -0.4 is 18.9 Å². The first kappa shape index (κ1) is 19.0. The van der Waals surface area contributed by atoms with Crippen molar-refractivity contribution in [3.8, 4) is 0 Å². The maximum atomic E-state index is 2.37. The van der Waals surface area contributed by atoms with E-state index in [1.807, 2.05) is 0 Å². The predicted molar refractivity (Wildman–Crippen MR) is 84.5 cm³/mol. The van der Waals surface area contributed by atoms with Gasteiger partial charge in [0.2, 0.25) is 0 Å². The Labute approximate surface area is 134 Å². The molecule has 0 aliphatic rings. The van der Waals surface area contributed by atoms with Crippen LogP contribution in [-0.2, 0) is 5.41 Å². The van der Waals surface area contributed by atoms with Gasteiger partial charge in [-0.15, -0.1) is 0 Å². The molecule has 102 valence electrons. The van der Waals surface area contributed by atoms with Crippen LogP contribution in [-0.4, -0.2) is 6.91 Å². The van der Waals surface area contributed by atoms with E-state index in [9.17, 15) is 0 Å². The SMILES string of the molecule is CCCCC(CC)C(CC)(CC)c1bcccc1.[H-].[Li+]. The second kappa shape index (κ2) is 9.84. The Kier molecular flexibility index (Phi) is 9.85. The van der Waals surface area contributed by atoms with E-state index in [1.54, 1.807) is 5.46 Å². The van der Waals surface area contributed by atoms with E-state index in [2.05, 4.69) is 58.8 Å². The number of unbranched alkanes of at least 4 members (excludes halogenated alkanes) is 1. The Morgan fingerprint density at radius 1 is 1.16 bits per heavy atom. The maximum absolute atomic E-state index is 2.37. The quantitative estimate of drug-likeness (QED) is 0.623. The fourth-order valence-corrected chi connectivity index (χ4v) is 3.56. The van der Waals surface area contributed by atoms with Crippen molar-refractivity contribution >= 4 is 6.91 Å². The topological polar surface area (TPSA) is 0 Å². The molecule has 1 aromatic rings. The molecule has 0 aliphatic carbocycles. The first-order valence-electron chi connectivity index (χ1n) is 7.80. The third-order valence-electron chi connectivity index (χ3n) is 4.79. The van der Waals surface area contributed by atoms with Crippen molar-refractivity contribution in [3.63, 3.8) is 0 Å². The molecule has 0 aromatic carbocycles. The normalized spacial score (nSPS) is 12.6. The molecule has 0 spiro atoms. The number of hydrogen-bond donors (Lipinski definition) is 0. The van der Waals surface area contributed by atoms with Crippen LogP contribution in [0.1, 0.15) is 73.1 Å². The van der Waals surface area contributed by atoms with Crippen molar-refractivity contribution < 1.29 is 20.3 Å².